The summed E-state index contributed by atoms with van der Waals surface area (Å²) >= 11 is 0. The summed E-state index contributed by atoms with van der Waals surface area (Å²) in [5.74, 6) is 0. The average molecular weight is 360 g/mol. The zero-order valence-corrected chi connectivity index (χ0v) is 16.3. The van der Waals surface area contributed by atoms with Gasteiger partial charge < -0.3 is 20.3 Å². The van der Waals surface area contributed by atoms with Crippen LogP contribution in [0.2, 0.25) is 0 Å². The lowest BCUT2D eigenvalue weighted by Crippen LogP contribution is -2.33. The average Bonchev–Trinajstić information content (AvgIpc) is 2.62. The molecule has 0 spiro atoms. The smallest absolute Gasteiger partial charge is 0.407 e. The summed E-state index contributed by atoms with van der Waals surface area (Å²) in [6.07, 6.45) is 16.9. The number of hydrogen-bond acceptors (Lipinski definition) is 4. The van der Waals surface area contributed by atoms with Crippen molar-refractivity contribution in [2.45, 2.75) is 103 Å². The van der Waals surface area contributed by atoms with Gasteiger partial charge in [-0.2, -0.15) is 0 Å². The first-order valence-electron chi connectivity index (χ1n) is 10.4. The quantitative estimate of drug-likeness (QED) is 0.314. The second kappa shape index (κ2) is 19.5. The first kappa shape index (κ1) is 24.2. The lowest BCUT2D eigenvalue weighted by Gasteiger charge is -2.13. The maximum absolute atomic E-state index is 11.3. The molecule has 0 aromatic carbocycles. The normalized spacial score (nSPS) is 11.0. The minimum Gasteiger partial charge on any atom is -0.441 e. The highest BCUT2D eigenvalue weighted by Gasteiger charge is 2.11. The molecular formula is C20H41NO4. The summed E-state index contributed by atoms with van der Waals surface area (Å²) in [6.45, 7) is 2.13. The van der Waals surface area contributed by atoms with E-state index in [-0.39, 0.29) is 13.2 Å². The molecule has 0 aliphatic heterocycles. The molecule has 0 unspecified atom stereocenters. The molecule has 150 valence electrons. The topological polar surface area (TPSA) is 78.8 Å². The fourth-order valence-electron chi connectivity index (χ4n) is 2.84. The van der Waals surface area contributed by atoms with Gasteiger partial charge in [0.2, 0.25) is 0 Å². The molecule has 0 bridgehead atoms. The van der Waals surface area contributed by atoms with Crippen molar-refractivity contribution < 1.29 is 19.7 Å². The highest BCUT2D eigenvalue weighted by Crippen LogP contribution is 2.12. The Hall–Kier alpha value is -0.810. The molecular weight excluding hydrogens is 318 g/mol. The van der Waals surface area contributed by atoms with Crippen LogP contribution in [-0.2, 0) is 4.74 Å². The van der Waals surface area contributed by atoms with E-state index in [4.69, 9.17) is 14.9 Å². The van der Waals surface area contributed by atoms with Crippen LogP contribution in [0.5, 0.6) is 0 Å². The Kier molecular flexibility index (Phi) is 18.9. The third-order valence-corrected chi connectivity index (χ3v) is 4.48. The molecule has 0 atom stereocenters. The zero-order valence-electron chi connectivity index (χ0n) is 16.3. The van der Waals surface area contributed by atoms with Gasteiger partial charge in [0.15, 0.2) is 0 Å². The van der Waals surface area contributed by atoms with Crippen LogP contribution >= 0.6 is 0 Å². The van der Waals surface area contributed by atoms with Crippen molar-refractivity contribution in [1.29, 1.82) is 0 Å². The van der Waals surface area contributed by atoms with Crippen LogP contribution in [0.15, 0.2) is 0 Å². The van der Waals surface area contributed by atoms with Crippen molar-refractivity contribution in [2.75, 3.05) is 19.8 Å². The van der Waals surface area contributed by atoms with Crippen molar-refractivity contribution in [1.82, 2.24) is 5.32 Å². The summed E-state index contributed by atoms with van der Waals surface area (Å²) in [4.78, 5) is 11.3. The van der Waals surface area contributed by atoms with Gasteiger partial charge in [0.25, 0.3) is 0 Å². The van der Waals surface area contributed by atoms with Crippen molar-refractivity contribution in [3.63, 3.8) is 0 Å². The molecule has 0 heterocycles. The van der Waals surface area contributed by atoms with Gasteiger partial charge in [-0.1, -0.05) is 90.4 Å². The maximum atomic E-state index is 11.3. The molecule has 0 saturated carbocycles. The molecule has 5 nitrogen and oxygen atoms in total. The van der Waals surface area contributed by atoms with Crippen LogP contribution in [0.25, 0.3) is 0 Å². The summed E-state index contributed by atoms with van der Waals surface area (Å²) < 4.78 is 4.82. The molecule has 0 fully saturated rings. The highest BCUT2D eigenvalue weighted by atomic mass is 16.6. The monoisotopic (exact) mass is 359 g/mol. The first-order chi connectivity index (χ1) is 12.2. The van der Waals surface area contributed by atoms with Gasteiger partial charge in [-0.25, -0.2) is 4.79 Å². The molecule has 0 aliphatic rings. The second-order valence-corrected chi connectivity index (χ2v) is 6.92. The molecule has 25 heavy (non-hydrogen) atoms. The standard InChI is InChI=1S/C20H41NO4/c1-2-3-4-5-6-7-8-9-10-11-12-13-14-15-16-21-20(24)25-19(17-22)18-23/h19,22-23H,2-18H2,1H3,(H,21,24). The number of amides is 1. The van der Waals surface area contributed by atoms with E-state index in [0.717, 1.165) is 12.8 Å². The van der Waals surface area contributed by atoms with E-state index in [1.807, 2.05) is 0 Å². The van der Waals surface area contributed by atoms with Gasteiger partial charge >= 0.3 is 6.09 Å². The van der Waals surface area contributed by atoms with Crippen LogP contribution in [0.4, 0.5) is 4.79 Å². The fourth-order valence-corrected chi connectivity index (χ4v) is 2.84. The number of alkyl carbamates (subject to hydrolysis) is 1. The number of carbonyl (C=O) groups excluding carboxylic acids is 1. The number of carbonyl (C=O) groups is 1. The Bertz CT molecular complexity index is 283. The van der Waals surface area contributed by atoms with E-state index < -0.39 is 12.2 Å². The van der Waals surface area contributed by atoms with E-state index in [0.29, 0.717) is 6.54 Å². The number of nitrogens with one attached hydrogen (secondary N) is 1. The van der Waals surface area contributed by atoms with Crippen LogP contribution < -0.4 is 5.32 Å². The number of rotatable bonds is 18. The highest BCUT2D eigenvalue weighted by molar-refractivity contribution is 5.67. The van der Waals surface area contributed by atoms with Gasteiger partial charge in [-0.05, 0) is 6.42 Å². The Morgan fingerprint density at radius 2 is 1.16 bits per heavy atom. The number of unbranched alkanes of at least 4 members (excludes halogenated alkanes) is 13. The van der Waals surface area contributed by atoms with Gasteiger partial charge in [-0.15, -0.1) is 0 Å². The second-order valence-electron chi connectivity index (χ2n) is 6.92. The van der Waals surface area contributed by atoms with Crippen LogP contribution in [0.3, 0.4) is 0 Å². The summed E-state index contributed by atoms with van der Waals surface area (Å²) in [5, 5.41) is 20.3. The summed E-state index contributed by atoms with van der Waals surface area (Å²) in [6, 6.07) is 0. The Labute approximate surface area is 154 Å². The molecule has 0 saturated heterocycles. The van der Waals surface area contributed by atoms with Gasteiger partial charge in [0, 0.05) is 6.54 Å². The SMILES string of the molecule is CCCCCCCCCCCCCCCCNC(=O)OC(CO)CO. The van der Waals surface area contributed by atoms with Crippen molar-refractivity contribution in [3.05, 3.63) is 0 Å². The first-order valence-corrected chi connectivity index (χ1v) is 10.4. The lowest BCUT2D eigenvalue weighted by atomic mass is 10.0. The molecule has 0 radical (unpaired) electrons. The van der Waals surface area contributed by atoms with E-state index >= 15 is 0 Å². The Balaban J connectivity index is 3.17. The minimum atomic E-state index is -0.823. The van der Waals surface area contributed by atoms with E-state index in [9.17, 15) is 4.79 Å². The number of ether oxygens (including phenoxy) is 1. The number of aliphatic hydroxyl groups is 2. The van der Waals surface area contributed by atoms with Crippen molar-refractivity contribution in [3.8, 4) is 0 Å². The van der Waals surface area contributed by atoms with Gasteiger partial charge in [0.1, 0.15) is 6.10 Å². The molecule has 0 aromatic rings. The van der Waals surface area contributed by atoms with Gasteiger partial charge in [0.05, 0.1) is 13.2 Å². The Morgan fingerprint density at radius 1 is 0.760 bits per heavy atom. The van der Waals surface area contributed by atoms with Crippen LogP contribution in [0, 0.1) is 0 Å². The molecule has 1 amide bonds. The van der Waals surface area contributed by atoms with Crippen LogP contribution in [-0.4, -0.2) is 42.2 Å². The minimum absolute atomic E-state index is 0.358. The molecule has 3 N–H and O–H groups in total. The van der Waals surface area contributed by atoms with Crippen molar-refractivity contribution >= 4 is 6.09 Å². The Morgan fingerprint density at radius 3 is 1.56 bits per heavy atom. The number of aliphatic hydroxyl groups excluding tert-OH is 2. The third-order valence-electron chi connectivity index (χ3n) is 4.48. The van der Waals surface area contributed by atoms with E-state index in [2.05, 4.69) is 12.2 Å². The van der Waals surface area contributed by atoms with E-state index in [1.165, 1.54) is 77.0 Å². The molecule has 0 aliphatic carbocycles. The largest absolute Gasteiger partial charge is 0.441 e. The molecule has 0 rings (SSSR count). The predicted molar refractivity (Wildman–Crippen MR) is 103 cm³/mol. The summed E-state index contributed by atoms with van der Waals surface area (Å²) in [7, 11) is 0. The molecule has 0 aromatic heterocycles. The summed E-state index contributed by atoms with van der Waals surface area (Å²) in [5.41, 5.74) is 0. The van der Waals surface area contributed by atoms with Crippen molar-refractivity contribution in [2.24, 2.45) is 0 Å². The predicted octanol–water partition coefficient (Wildman–Crippen LogP) is 4.55. The number of hydrogen-bond donors (Lipinski definition) is 3. The van der Waals surface area contributed by atoms with E-state index in [1.54, 1.807) is 0 Å². The fraction of sp³-hybridized carbons (Fsp3) is 0.950. The van der Waals surface area contributed by atoms with Gasteiger partial charge in [-0.3, -0.25) is 0 Å². The lowest BCUT2D eigenvalue weighted by molar-refractivity contribution is 0.0223. The van der Waals surface area contributed by atoms with Crippen LogP contribution in [0.1, 0.15) is 96.8 Å². The third kappa shape index (κ3) is 17.8. The molecule has 5 heteroatoms. The zero-order chi connectivity index (χ0) is 18.6. The maximum Gasteiger partial charge on any atom is 0.407 e.